The topological polar surface area (TPSA) is 38.3 Å². The van der Waals surface area contributed by atoms with Crippen LogP contribution >= 0.6 is 0 Å². The van der Waals surface area contributed by atoms with E-state index < -0.39 is 5.60 Å². The van der Waals surface area contributed by atoms with Crippen LogP contribution in [0, 0.1) is 6.07 Å². The van der Waals surface area contributed by atoms with Crippen molar-refractivity contribution in [1.29, 1.82) is 0 Å². The molecule has 0 fully saturated rings. The predicted molar refractivity (Wildman–Crippen MR) is 48.6 cm³/mol. The van der Waals surface area contributed by atoms with Gasteiger partial charge in [0.05, 0.1) is 5.69 Å². The zero-order chi connectivity index (χ0) is 9.47. The maximum atomic E-state index is 11.4. The summed E-state index contributed by atoms with van der Waals surface area (Å²) < 4.78 is 5.49. The molecule has 1 aliphatic rings. The first kappa shape index (κ1) is 8.10. The molecular weight excluding hydrogens is 166 g/mol. The van der Waals surface area contributed by atoms with Gasteiger partial charge >= 0.3 is 0 Å². The van der Waals surface area contributed by atoms with Crippen LogP contribution in [0.15, 0.2) is 18.2 Å². The van der Waals surface area contributed by atoms with Crippen molar-refractivity contribution >= 4 is 11.6 Å². The third kappa shape index (κ3) is 1.26. The molecule has 3 heteroatoms. The van der Waals surface area contributed by atoms with Gasteiger partial charge in [0.2, 0.25) is 0 Å². The van der Waals surface area contributed by atoms with Gasteiger partial charge in [0.15, 0.2) is 5.60 Å². The van der Waals surface area contributed by atoms with Crippen LogP contribution in [0.5, 0.6) is 5.75 Å². The monoisotopic (exact) mass is 176 g/mol. The number of hydrogen-bond donors (Lipinski definition) is 1. The summed E-state index contributed by atoms with van der Waals surface area (Å²) in [6.45, 7) is 3.47. The van der Waals surface area contributed by atoms with E-state index in [1.54, 1.807) is 32.0 Å². The van der Waals surface area contributed by atoms with Gasteiger partial charge in [-0.25, -0.2) is 0 Å². The second-order valence-electron chi connectivity index (χ2n) is 3.49. The Morgan fingerprint density at radius 2 is 2.31 bits per heavy atom. The molecule has 1 radical (unpaired) electrons. The molecule has 67 valence electrons. The van der Waals surface area contributed by atoms with E-state index in [2.05, 4.69) is 11.4 Å². The summed E-state index contributed by atoms with van der Waals surface area (Å²) in [5.74, 6) is 0.554. The second-order valence-corrected chi connectivity index (χ2v) is 3.49. The largest absolute Gasteiger partial charge is 0.476 e. The van der Waals surface area contributed by atoms with Crippen molar-refractivity contribution in [2.45, 2.75) is 19.4 Å². The number of nitrogens with one attached hydrogen (secondary N) is 1. The van der Waals surface area contributed by atoms with Gasteiger partial charge in [-0.05, 0) is 32.0 Å². The second kappa shape index (κ2) is 2.49. The van der Waals surface area contributed by atoms with Crippen LogP contribution in [0.1, 0.15) is 13.8 Å². The van der Waals surface area contributed by atoms with E-state index in [0.29, 0.717) is 11.4 Å². The molecule has 0 spiro atoms. The normalized spacial score (nSPS) is 18.5. The van der Waals surface area contributed by atoms with Crippen LogP contribution in [-0.4, -0.2) is 11.5 Å². The van der Waals surface area contributed by atoms with Crippen molar-refractivity contribution in [2.75, 3.05) is 5.32 Å². The molecule has 1 aromatic rings. The fraction of sp³-hybridized carbons (Fsp3) is 0.300. The van der Waals surface area contributed by atoms with E-state index in [-0.39, 0.29) is 5.91 Å². The molecule has 0 saturated heterocycles. The Kier molecular flexibility index (Phi) is 1.55. The highest BCUT2D eigenvalue weighted by atomic mass is 16.5. The highest BCUT2D eigenvalue weighted by Gasteiger charge is 2.34. The van der Waals surface area contributed by atoms with E-state index in [1.807, 2.05) is 0 Å². The van der Waals surface area contributed by atoms with Crippen molar-refractivity contribution in [2.24, 2.45) is 0 Å². The first-order valence-electron chi connectivity index (χ1n) is 4.10. The quantitative estimate of drug-likeness (QED) is 0.652. The Morgan fingerprint density at radius 3 is 3.08 bits per heavy atom. The van der Waals surface area contributed by atoms with E-state index in [1.165, 1.54) is 0 Å². The maximum absolute atomic E-state index is 11.4. The van der Waals surface area contributed by atoms with Gasteiger partial charge in [-0.3, -0.25) is 4.79 Å². The average molecular weight is 176 g/mol. The first-order valence-corrected chi connectivity index (χ1v) is 4.10. The Balaban J connectivity index is 2.44. The van der Waals surface area contributed by atoms with E-state index in [9.17, 15) is 4.79 Å². The van der Waals surface area contributed by atoms with Gasteiger partial charge in [0.1, 0.15) is 5.75 Å². The number of amides is 1. The van der Waals surface area contributed by atoms with Crippen molar-refractivity contribution < 1.29 is 9.53 Å². The lowest BCUT2D eigenvalue weighted by atomic mass is 10.1. The number of anilines is 1. The number of hydrogen-bond acceptors (Lipinski definition) is 2. The van der Waals surface area contributed by atoms with Gasteiger partial charge in [0, 0.05) is 0 Å². The molecule has 13 heavy (non-hydrogen) atoms. The van der Waals surface area contributed by atoms with Crippen molar-refractivity contribution in [3.05, 3.63) is 24.3 Å². The molecule has 1 heterocycles. The molecule has 0 aromatic heterocycles. The smallest absolute Gasteiger partial charge is 0.268 e. The molecule has 1 aromatic carbocycles. The molecule has 0 unspecified atom stereocenters. The van der Waals surface area contributed by atoms with Crippen LogP contribution < -0.4 is 10.1 Å². The minimum atomic E-state index is -0.789. The molecule has 1 amide bonds. The predicted octanol–water partition coefficient (Wildman–Crippen LogP) is 1.60. The van der Waals surface area contributed by atoms with Crippen LogP contribution in [0.4, 0.5) is 5.69 Å². The maximum Gasteiger partial charge on any atom is 0.268 e. The molecule has 1 N–H and O–H groups in total. The van der Waals surface area contributed by atoms with Gasteiger partial charge in [-0.2, -0.15) is 0 Å². The van der Waals surface area contributed by atoms with Crippen molar-refractivity contribution in [3.8, 4) is 5.75 Å². The summed E-state index contributed by atoms with van der Waals surface area (Å²) in [5, 5.41) is 2.77. The Morgan fingerprint density at radius 1 is 1.54 bits per heavy atom. The van der Waals surface area contributed by atoms with Crippen molar-refractivity contribution in [3.63, 3.8) is 0 Å². The third-order valence-electron chi connectivity index (χ3n) is 1.99. The highest BCUT2D eigenvalue weighted by Crippen LogP contribution is 2.32. The van der Waals surface area contributed by atoms with Crippen LogP contribution in [-0.2, 0) is 4.79 Å². The lowest BCUT2D eigenvalue weighted by molar-refractivity contribution is -0.129. The molecule has 0 bridgehead atoms. The van der Waals surface area contributed by atoms with Crippen LogP contribution in [0.3, 0.4) is 0 Å². The first-order chi connectivity index (χ1) is 6.09. The number of ether oxygens (including phenoxy) is 1. The number of carbonyl (C=O) groups excluding carboxylic acids is 1. The zero-order valence-electron chi connectivity index (χ0n) is 7.55. The molecule has 3 nitrogen and oxygen atoms in total. The summed E-state index contributed by atoms with van der Waals surface area (Å²) >= 11 is 0. The fourth-order valence-corrected chi connectivity index (χ4v) is 1.20. The average Bonchev–Trinajstić information content (AvgIpc) is 2.06. The molecule has 2 rings (SSSR count). The molecule has 0 saturated carbocycles. The Bertz CT molecular complexity index is 358. The number of benzene rings is 1. The summed E-state index contributed by atoms with van der Waals surface area (Å²) in [6.07, 6.45) is 0. The Labute approximate surface area is 76.7 Å². The number of fused-ring (bicyclic) bond motifs is 1. The third-order valence-corrected chi connectivity index (χ3v) is 1.99. The lowest BCUT2D eigenvalue weighted by Gasteiger charge is -2.31. The molecule has 1 aliphatic heterocycles. The highest BCUT2D eigenvalue weighted by molar-refractivity contribution is 6.00. The minimum absolute atomic E-state index is 0.119. The standard InChI is InChI=1S/C10H10NO2/c1-10(2)9(12)11-7-5-3-4-6-8(7)13-10/h3,5-6H,1-2H3,(H,11,12). The van der Waals surface area contributed by atoms with Gasteiger partial charge in [0.25, 0.3) is 5.91 Å². The summed E-state index contributed by atoms with van der Waals surface area (Å²) in [6, 6.07) is 8.12. The number of carbonyl (C=O) groups is 1. The summed E-state index contributed by atoms with van der Waals surface area (Å²) in [5.41, 5.74) is -0.0783. The van der Waals surface area contributed by atoms with E-state index >= 15 is 0 Å². The minimum Gasteiger partial charge on any atom is -0.476 e. The summed E-state index contributed by atoms with van der Waals surface area (Å²) in [7, 11) is 0. The molecular formula is C10H10NO2. The van der Waals surface area contributed by atoms with Crippen LogP contribution in [0.25, 0.3) is 0 Å². The molecule has 0 atom stereocenters. The van der Waals surface area contributed by atoms with Crippen molar-refractivity contribution in [1.82, 2.24) is 0 Å². The summed E-state index contributed by atoms with van der Waals surface area (Å²) in [4.78, 5) is 11.4. The fourth-order valence-electron chi connectivity index (χ4n) is 1.20. The van der Waals surface area contributed by atoms with Gasteiger partial charge < -0.3 is 10.1 Å². The van der Waals surface area contributed by atoms with Crippen LogP contribution in [0.2, 0.25) is 0 Å². The molecule has 0 aliphatic carbocycles. The van der Waals surface area contributed by atoms with Gasteiger partial charge in [-0.1, -0.05) is 6.07 Å². The van der Waals surface area contributed by atoms with E-state index in [4.69, 9.17) is 4.74 Å². The number of rotatable bonds is 0. The van der Waals surface area contributed by atoms with Gasteiger partial charge in [-0.15, -0.1) is 0 Å². The zero-order valence-corrected chi connectivity index (χ0v) is 7.55. The lowest BCUT2D eigenvalue weighted by Crippen LogP contribution is -2.45. The Hall–Kier alpha value is -1.51. The van der Waals surface area contributed by atoms with E-state index in [0.717, 1.165) is 0 Å². The SMILES string of the molecule is CC1(C)Oc2c[c]ccc2NC1=O.